The fourth-order valence-electron chi connectivity index (χ4n) is 6.97. The van der Waals surface area contributed by atoms with E-state index in [0.29, 0.717) is 28.2 Å². The average molecular weight is 646 g/mol. The van der Waals surface area contributed by atoms with E-state index in [1.54, 1.807) is 31.2 Å². The molecular weight excluding hydrogens is 610 g/mol. The van der Waals surface area contributed by atoms with Gasteiger partial charge in [-0.3, -0.25) is 4.79 Å². The average Bonchev–Trinajstić information content (AvgIpc) is 3.68. The van der Waals surface area contributed by atoms with Gasteiger partial charge in [0.05, 0.1) is 39.5 Å². The van der Waals surface area contributed by atoms with E-state index in [2.05, 4.69) is 5.32 Å². The Kier molecular flexibility index (Phi) is 8.07. The lowest BCUT2D eigenvalue weighted by Gasteiger charge is -2.47. The molecule has 0 bridgehead atoms. The van der Waals surface area contributed by atoms with Crippen LogP contribution in [-0.4, -0.2) is 101 Å². The van der Waals surface area contributed by atoms with E-state index in [1.807, 2.05) is 0 Å². The van der Waals surface area contributed by atoms with E-state index >= 15 is 0 Å². The van der Waals surface area contributed by atoms with Gasteiger partial charge in [-0.25, -0.2) is 4.79 Å². The number of rotatable bonds is 6. The first-order valence-electron chi connectivity index (χ1n) is 14.9. The molecule has 46 heavy (non-hydrogen) atoms. The summed E-state index contributed by atoms with van der Waals surface area (Å²) in [4.78, 5) is 25.6. The molecule has 5 aliphatic rings. The number of hydrogen-bond donors (Lipinski definition) is 3. The van der Waals surface area contributed by atoms with Gasteiger partial charge in [-0.2, -0.15) is 0 Å². The summed E-state index contributed by atoms with van der Waals surface area (Å²) in [6.45, 7) is 1.86. The summed E-state index contributed by atoms with van der Waals surface area (Å²) in [7, 11) is 4.28. The van der Waals surface area contributed by atoms with E-state index < -0.39 is 72.9 Å². The molecule has 4 aliphatic heterocycles. The fraction of sp³-hybridized carbons (Fsp3) is 0.548. The summed E-state index contributed by atoms with van der Waals surface area (Å²) in [5, 5.41) is 24.5. The number of amides is 1. The topological polar surface area (TPSA) is 179 Å². The van der Waals surface area contributed by atoms with E-state index in [1.165, 1.54) is 21.3 Å². The molecule has 248 valence electrons. The zero-order chi connectivity index (χ0) is 32.3. The number of nitrogens with one attached hydrogen (secondary N) is 1. The third-order valence-electron chi connectivity index (χ3n) is 9.13. The highest BCUT2D eigenvalue weighted by Gasteiger charge is 2.56. The maximum atomic E-state index is 13.5. The van der Waals surface area contributed by atoms with Crippen molar-refractivity contribution in [2.75, 3.05) is 41.3 Å². The number of cyclic esters (lactones) is 1. The van der Waals surface area contributed by atoms with Gasteiger partial charge in [0.2, 0.25) is 12.5 Å². The first-order chi connectivity index (χ1) is 22.2. The summed E-state index contributed by atoms with van der Waals surface area (Å²) in [6.07, 6.45) is -7.67. The maximum Gasteiger partial charge on any atom is 0.412 e. The van der Waals surface area contributed by atoms with Crippen LogP contribution in [0.25, 0.3) is 0 Å². The number of methoxy groups -OCH3 is 2. The van der Waals surface area contributed by atoms with Crippen LogP contribution >= 0.6 is 0 Å². The predicted molar refractivity (Wildman–Crippen MR) is 152 cm³/mol. The molecule has 7 rings (SSSR count). The van der Waals surface area contributed by atoms with Gasteiger partial charge in [0.15, 0.2) is 35.6 Å². The zero-order valence-corrected chi connectivity index (χ0v) is 25.5. The van der Waals surface area contributed by atoms with Crippen molar-refractivity contribution in [1.29, 1.82) is 0 Å². The number of hydrogen-bond acceptors (Lipinski definition) is 14. The Morgan fingerprint density at radius 2 is 1.63 bits per heavy atom. The molecule has 2 aromatic carbocycles. The first kappa shape index (κ1) is 30.8. The molecule has 0 spiro atoms. The maximum absolute atomic E-state index is 13.5. The summed E-state index contributed by atoms with van der Waals surface area (Å²) in [5.41, 5.74) is 1.93. The van der Waals surface area contributed by atoms with Crippen LogP contribution in [0.15, 0.2) is 24.3 Å². The lowest BCUT2D eigenvalue weighted by molar-refractivity contribution is -0.364. The molecule has 2 aromatic rings. The number of fused-ring (bicyclic) bond motifs is 4. The van der Waals surface area contributed by atoms with Gasteiger partial charge in [0, 0.05) is 18.9 Å². The van der Waals surface area contributed by atoms with Gasteiger partial charge in [-0.05, 0) is 47.9 Å². The van der Waals surface area contributed by atoms with E-state index in [-0.39, 0.29) is 37.3 Å². The molecule has 3 fully saturated rings. The number of carbonyl (C=O) groups excluding carboxylic acids is 2. The van der Waals surface area contributed by atoms with Crippen LogP contribution in [0, 0.1) is 11.8 Å². The second-order valence-electron chi connectivity index (χ2n) is 11.6. The number of aliphatic hydroxyl groups excluding tert-OH is 2. The van der Waals surface area contributed by atoms with Crippen LogP contribution in [0.1, 0.15) is 35.6 Å². The molecule has 0 radical (unpaired) electrons. The number of carbonyl (C=O) groups is 2. The Bertz CT molecular complexity index is 1490. The molecule has 0 aromatic heterocycles. The van der Waals surface area contributed by atoms with E-state index in [4.69, 9.17) is 47.4 Å². The molecule has 0 saturated carbocycles. The van der Waals surface area contributed by atoms with Crippen molar-refractivity contribution in [3.05, 3.63) is 41.0 Å². The van der Waals surface area contributed by atoms with Crippen molar-refractivity contribution in [2.24, 2.45) is 11.8 Å². The fourth-order valence-corrected chi connectivity index (χ4v) is 6.97. The summed E-state index contributed by atoms with van der Waals surface area (Å²) >= 11 is 0. The van der Waals surface area contributed by atoms with Crippen molar-refractivity contribution in [3.8, 4) is 28.7 Å². The first-order valence-corrected chi connectivity index (χ1v) is 14.9. The summed E-state index contributed by atoms with van der Waals surface area (Å²) in [5.74, 6) is -0.959. The molecule has 1 aliphatic carbocycles. The minimum atomic E-state index is -1.46. The highest BCUT2D eigenvalue weighted by molar-refractivity contribution is 5.79. The van der Waals surface area contributed by atoms with Gasteiger partial charge < -0.3 is 62.9 Å². The molecule has 3 saturated heterocycles. The second kappa shape index (κ2) is 12.1. The van der Waals surface area contributed by atoms with Crippen molar-refractivity contribution in [3.63, 3.8) is 0 Å². The van der Waals surface area contributed by atoms with Gasteiger partial charge in [-0.15, -0.1) is 0 Å². The standard InChI is InChI=1S/C31H35NO14/c1-12-39-10-21-28(43-12)24(33)25(34)30(44-21)45-26-15-8-18-17(41-11-42-18)7-14(15)22(23-16(26)9-40-29(23)35)13-5-19(37-3)27(20(6-13)38-4)46-31(36)32-2/h5-8,12,16,21-26,28,30,33-34H,9-11H2,1-4H3,(H,32,36)/t12?,16-,21?,22?,23-,24?,25?,26+,28?,30?/m0/s1. The molecule has 10 atom stereocenters. The SMILES string of the molecule is CNC(=O)Oc1c(OC)cc(C2c3cc4c(cc3[C@@H](OC3OC5COC(C)OC5C(O)C3O)[C@H]3COC(=O)[C@H]23)OCO4)cc1OC. The predicted octanol–water partition coefficient (Wildman–Crippen LogP) is 1.35. The Hall–Kier alpha value is -3.86. The molecule has 4 heterocycles. The lowest BCUT2D eigenvalue weighted by Crippen LogP contribution is -2.63. The minimum Gasteiger partial charge on any atom is -0.493 e. The Morgan fingerprint density at radius 1 is 0.935 bits per heavy atom. The third kappa shape index (κ3) is 5.07. The minimum absolute atomic E-state index is 0.00856. The Morgan fingerprint density at radius 3 is 2.30 bits per heavy atom. The second-order valence-corrected chi connectivity index (χ2v) is 11.6. The van der Waals surface area contributed by atoms with Crippen LogP contribution in [0.2, 0.25) is 0 Å². The third-order valence-corrected chi connectivity index (χ3v) is 9.13. The molecule has 15 heteroatoms. The molecule has 3 N–H and O–H groups in total. The highest BCUT2D eigenvalue weighted by atomic mass is 16.8. The van der Waals surface area contributed by atoms with Crippen LogP contribution in [0.3, 0.4) is 0 Å². The van der Waals surface area contributed by atoms with Gasteiger partial charge in [0.25, 0.3) is 0 Å². The smallest absolute Gasteiger partial charge is 0.412 e. The lowest BCUT2D eigenvalue weighted by atomic mass is 9.66. The van der Waals surface area contributed by atoms with Crippen molar-refractivity contribution < 1.29 is 67.2 Å². The van der Waals surface area contributed by atoms with Crippen molar-refractivity contribution in [2.45, 2.75) is 55.9 Å². The number of ether oxygens (including phenoxy) is 10. The van der Waals surface area contributed by atoms with Crippen LogP contribution in [0.4, 0.5) is 4.79 Å². The van der Waals surface area contributed by atoms with Crippen LogP contribution in [0.5, 0.6) is 28.7 Å². The van der Waals surface area contributed by atoms with Crippen LogP contribution in [-0.2, 0) is 28.5 Å². The number of aliphatic hydroxyl groups is 2. The van der Waals surface area contributed by atoms with Gasteiger partial charge in [0.1, 0.15) is 24.4 Å². The van der Waals surface area contributed by atoms with Gasteiger partial charge in [-0.1, -0.05) is 0 Å². The normalized spacial score (nSPS) is 34.1. The summed E-state index contributed by atoms with van der Waals surface area (Å²) < 4.78 is 57.5. The quantitative estimate of drug-likeness (QED) is 0.383. The van der Waals surface area contributed by atoms with Crippen LogP contribution < -0.4 is 29.0 Å². The largest absolute Gasteiger partial charge is 0.493 e. The van der Waals surface area contributed by atoms with E-state index in [0.717, 1.165) is 0 Å². The molecule has 15 nitrogen and oxygen atoms in total. The highest BCUT2D eigenvalue weighted by Crippen LogP contribution is 2.57. The zero-order valence-electron chi connectivity index (χ0n) is 25.5. The van der Waals surface area contributed by atoms with Crippen molar-refractivity contribution >= 4 is 12.1 Å². The number of esters is 1. The molecular formula is C31H35NO14. The number of benzene rings is 2. The van der Waals surface area contributed by atoms with Gasteiger partial charge >= 0.3 is 12.1 Å². The Labute approximate surface area is 263 Å². The monoisotopic (exact) mass is 645 g/mol. The van der Waals surface area contributed by atoms with E-state index in [9.17, 15) is 19.8 Å². The molecule has 1 amide bonds. The molecule has 7 unspecified atom stereocenters. The Balaban J connectivity index is 1.31. The summed E-state index contributed by atoms with van der Waals surface area (Å²) in [6, 6.07) is 6.94. The van der Waals surface area contributed by atoms with Crippen molar-refractivity contribution in [1.82, 2.24) is 5.32 Å².